The van der Waals surface area contributed by atoms with Crippen LogP contribution in [0.3, 0.4) is 0 Å². The van der Waals surface area contributed by atoms with E-state index in [1.165, 1.54) is 12.3 Å². The number of hydrogen-bond donors (Lipinski definition) is 3. The van der Waals surface area contributed by atoms with Gasteiger partial charge in [0.25, 0.3) is 0 Å². The summed E-state index contributed by atoms with van der Waals surface area (Å²) in [5.41, 5.74) is 12.2. The fourth-order valence-corrected chi connectivity index (χ4v) is 1.41. The van der Waals surface area contributed by atoms with Crippen LogP contribution >= 0.6 is 0 Å². The molecule has 0 atom stereocenters. The van der Waals surface area contributed by atoms with Crippen molar-refractivity contribution in [3.63, 3.8) is 0 Å². The standard InChI is InChI=1S/C11H10N4O2/c12-7-1-2-8(15-10(7)11(16)17)6-3-4-14-9(13)5-6/h1-5H,12H2,(H2,13,14)(H,16,17). The summed E-state index contributed by atoms with van der Waals surface area (Å²) in [6.07, 6.45) is 1.53. The van der Waals surface area contributed by atoms with E-state index in [-0.39, 0.29) is 11.4 Å². The molecule has 0 aliphatic heterocycles. The summed E-state index contributed by atoms with van der Waals surface area (Å²) in [7, 11) is 0. The molecule has 0 fully saturated rings. The summed E-state index contributed by atoms with van der Waals surface area (Å²) in [5, 5.41) is 8.91. The van der Waals surface area contributed by atoms with Gasteiger partial charge in [0, 0.05) is 11.8 Å². The zero-order chi connectivity index (χ0) is 12.4. The highest BCUT2D eigenvalue weighted by molar-refractivity contribution is 5.92. The molecule has 2 aromatic rings. The molecule has 0 amide bonds. The van der Waals surface area contributed by atoms with Gasteiger partial charge >= 0.3 is 5.97 Å². The number of carboxylic acid groups (broad SMARTS) is 1. The molecule has 0 bridgehead atoms. The van der Waals surface area contributed by atoms with Crippen LogP contribution in [-0.2, 0) is 0 Å². The van der Waals surface area contributed by atoms with Crippen molar-refractivity contribution in [1.29, 1.82) is 0 Å². The number of nitrogen functional groups attached to an aromatic ring is 2. The van der Waals surface area contributed by atoms with Crippen molar-refractivity contribution in [1.82, 2.24) is 9.97 Å². The number of rotatable bonds is 2. The van der Waals surface area contributed by atoms with E-state index in [0.717, 1.165) is 0 Å². The Hall–Kier alpha value is -2.63. The lowest BCUT2D eigenvalue weighted by atomic mass is 10.1. The molecule has 6 nitrogen and oxygen atoms in total. The van der Waals surface area contributed by atoms with E-state index in [9.17, 15) is 4.79 Å². The Kier molecular flexibility index (Phi) is 2.61. The van der Waals surface area contributed by atoms with Crippen molar-refractivity contribution >= 4 is 17.5 Å². The number of nitrogens with two attached hydrogens (primary N) is 2. The Morgan fingerprint density at radius 3 is 2.65 bits per heavy atom. The molecule has 0 aliphatic rings. The number of anilines is 2. The monoisotopic (exact) mass is 230 g/mol. The summed E-state index contributed by atoms with van der Waals surface area (Å²) < 4.78 is 0. The lowest BCUT2D eigenvalue weighted by Crippen LogP contribution is -2.06. The van der Waals surface area contributed by atoms with Crippen LogP contribution in [0.5, 0.6) is 0 Å². The molecule has 17 heavy (non-hydrogen) atoms. The lowest BCUT2D eigenvalue weighted by Gasteiger charge is -2.05. The topological polar surface area (TPSA) is 115 Å². The van der Waals surface area contributed by atoms with E-state index >= 15 is 0 Å². The molecule has 0 aromatic carbocycles. The minimum Gasteiger partial charge on any atom is -0.476 e. The molecule has 0 saturated heterocycles. The first-order chi connectivity index (χ1) is 8.08. The Labute approximate surface area is 96.9 Å². The van der Waals surface area contributed by atoms with Crippen molar-refractivity contribution in [3.8, 4) is 11.3 Å². The van der Waals surface area contributed by atoms with E-state index in [1.807, 2.05) is 0 Å². The SMILES string of the molecule is Nc1cc(-c2ccc(N)c(C(=O)O)n2)ccn1. The van der Waals surface area contributed by atoms with Crippen LogP contribution in [0.1, 0.15) is 10.5 Å². The van der Waals surface area contributed by atoms with Crippen molar-refractivity contribution < 1.29 is 9.90 Å². The molecule has 5 N–H and O–H groups in total. The Balaban J connectivity index is 2.54. The zero-order valence-corrected chi connectivity index (χ0v) is 8.79. The van der Waals surface area contributed by atoms with Crippen molar-refractivity contribution in [2.24, 2.45) is 0 Å². The maximum Gasteiger partial charge on any atom is 0.356 e. The van der Waals surface area contributed by atoms with Gasteiger partial charge in [-0.2, -0.15) is 0 Å². The highest BCUT2D eigenvalue weighted by atomic mass is 16.4. The smallest absolute Gasteiger partial charge is 0.356 e. The molecule has 0 radical (unpaired) electrons. The Morgan fingerprint density at radius 2 is 2.00 bits per heavy atom. The largest absolute Gasteiger partial charge is 0.476 e. The van der Waals surface area contributed by atoms with E-state index in [1.54, 1.807) is 18.2 Å². The summed E-state index contributed by atoms with van der Waals surface area (Å²) >= 11 is 0. The van der Waals surface area contributed by atoms with E-state index in [2.05, 4.69) is 9.97 Å². The third kappa shape index (κ3) is 2.15. The second kappa shape index (κ2) is 4.09. The van der Waals surface area contributed by atoms with Gasteiger partial charge in [-0.3, -0.25) is 0 Å². The van der Waals surface area contributed by atoms with Crippen LogP contribution in [0.4, 0.5) is 11.5 Å². The molecule has 0 unspecified atom stereocenters. The van der Waals surface area contributed by atoms with Gasteiger partial charge in [0.15, 0.2) is 5.69 Å². The molecule has 6 heteroatoms. The number of carbonyl (C=O) groups is 1. The molecule has 2 heterocycles. The third-order valence-corrected chi connectivity index (χ3v) is 2.21. The minimum absolute atomic E-state index is 0.128. The van der Waals surface area contributed by atoms with E-state index in [0.29, 0.717) is 17.1 Å². The van der Waals surface area contributed by atoms with Gasteiger partial charge in [-0.25, -0.2) is 14.8 Å². The van der Waals surface area contributed by atoms with Crippen LogP contribution in [0, 0.1) is 0 Å². The van der Waals surface area contributed by atoms with Gasteiger partial charge in [0.1, 0.15) is 5.82 Å². The molecular weight excluding hydrogens is 220 g/mol. The first-order valence-electron chi connectivity index (χ1n) is 4.79. The van der Waals surface area contributed by atoms with Crippen LogP contribution < -0.4 is 11.5 Å². The Morgan fingerprint density at radius 1 is 1.24 bits per heavy atom. The normalized spacial score (nSPS) is 10.1. The molecule has 2 aromatic heterocycles. The summed E-state index contributed by atoms with van der Waals surface area (Å²) in [6.45, 7) is 0. The Bertz CT molecular complexity index is 583. The highest BCUT2D eigenvalue weighted by Gasteiger charge is 2.11. The number of pyridine rings is 2. The first kappa shape index (κ1) is 10.9. The quantitative estimate of drug-likeness (QED) is 0.709. The lowest BCUT2D eigenvalue weighted by molar-refractivity contribution is 0.0692. The fourth-order valence-electron chi connectivity index (χ4n) is 1.41. The maximum absolute atomic E-state index is 10.9. The average molecular weight is 230 g/mol. The second-order valence-electron chi connectivity index (χ2n) is 3.41. The molecule has 0 aliphatic carbocycles. The maximum atomic E-state index is 10.9. The highest BCUT2D eigenvalue weighted by Crippen LogP contribution is 2.21. The van der Waals surface area contributed by atoms with Gasteiger partial charge < -0.3 is 16.6 Å². The van der Waals surface area contributed by atoms with Gasteiger partial charge in [-0.15, -0.1) is 0 Å². The van der Waals surface area contributed by atoms with Crippen LogP contribution in [-0.4, -0.2) is 21.0 Å². The molecule has 0 spiro atoms. The van der Waals surface area contributed by atoms with Crippen molar-refractivity contribution in [2.45, 2.75) is 0 Å². The summed E-state index contributed by atoms with van der Waals surface area (Å²) in [4.78, 5) is 18.7. The van der Waals surface area contributed by atoms with E-state index in [4.69, 9.17) is 16.6 Å². The van der Waals surface area contributed by atoms with Crippen LogP contribution in [0.2, 0.25) is 0 Å². The predicted octanol–water partition coefficient (Wildman–Crippen LogP) is 1.01. The fraction of sp³-hybridized carbons (Fsp3) is 0. The number of nitrogens with zero attached hydrogens (tertiary/aromatic N) is 2. The summed E-state index contributed by atoms with van der Waals surface area (Å²) in [5.74, 6) is -0.815. The number of carboxylic acids is 1. The van der Waals surface area contributed by atoms with Crippen LogP contribution in [0.25, 0.3) is 11.3 Å². The second-order valence-corrected chi connectivity index (χ2v) is 3.41. The number of aromatic nitrogens is 2. The van der Waals surface area contributed by atoms with Crippen molar-refractivity contribution in [2.75, 3.05) is 11.5 Å². The molecule has 86 valence electrons. The third-order valence-electron chi connectivity index (χ3n) is 2.21. The summed E-state index contributed by atoms with van der Waals surface area (Å²) in [6, 6.07) is 6.45. The average Bonchev–Trinajstić information content (AvgIpc) is 2.29. The minimum atomic E-state index is -1.16. The number of aromatic carboxylic acids is 1. The van der Waals surface area contributed by atoms with Crippen LogP contribution in [0.15, 0.2) is 30.5 Å². The van der Waals surface area contributed by atoms with Gasteiger partial charge in [-0.05, 0) is 24.3 Å². The molecule has 2 rings (SSSR count). The predicted molar refractivity (Wildman–Crippen MR) is 63.3 cm³/mol. The number of hydrogen-bond acceptors (Lipinski definition) is 5. The molecule has 0 saturated carbocycles. The molecular formula is C11H10N4O2. The van der Waals surface area contributed by atoms with Gasteiger partial charge in [0.2, 0.25) is 0 Å². The first-order valence-corrected chi connectivity index (χ1v) is 4.79. The van der Waals surface area contributed by atoms with Crippen molar-refractivity contribution in [3.05, 3.63) is 36.2 Å². The van der Waals surface area contributed by atoms with Gasteiger partial charge in [0.05, 0.1) is 11.4 Å². The van der Waals surface area contributed by atoms with Gasteiger partial charge in [-0.1, -0.05) is 0 Å². The zero-order valence-electron chi connectivity index (χ0n) is 8.79. The van der Waals surface area contributed by atoms with E-state index < -0.39 is 5.97 Å².